The summed E-state index contributed by atoms with van der Waals surface area (Å²) < 4.78 is 104. The van der Waals surface area contributed by atoms with Gasteiger partial charge in [-0.25, -0.2) is 4.39 Å². The van der Waals surface area contributed by atoms with Crippen LogP contribution in [0.2, 0.25) is 0 Å². The lowest BCUT2D eigenvalue weighted by Crippen LogP contribution is -2.69. The smallest absolute Gasteiger partial charge is 0.366 e. The van der Waals surface area contributed by atoms with Crippen molar-refractivity contribution in [2.45, 2.75) is 36.8 Å². The molecule has 0 spiro atoms. The molecule has 7 nitrogen and oxygen atoms in total. The number of hydrogen-bond acceptors (Lipinski definition) is 6. The van der Waals surface area contributed by atoms with E-state index in [1.165, 1.54) is 6.92 Å². The first kappa shape index (κ1) is 25.3. The van der Waals surface area contributed by atoms with E-state index in [1.807, 2.05) is 0 Å². The predicted molar refractivity (Wildman–Crippen MR) is 106 cm³/mol. The fraction of sp³-hybridized carbons (Fsp3) is 0.429. The molecule has 0 radical (unpaired) electrons. The Morgan fingerprint density at radius 1 is 1.20 bits per heavy atom. The minimum atomic E-state index is -4.77. The number of alkyl halides is 6. The fourth-order valence-corrected chi connectivity index (χ4v) is 4.31. The first-order valence-corrected chi connectivity index (χ1v) is 10.2. The van der Waals surface area contributed by atoms with Crippen LogP contribution in [0.3, 0.4) is 0 Å². The highest BCUT2D eigenvalue weighted by Crippen LogP contribution is 2.49. The van der Waals surface area contributed by atoms with Gasteiger partial charge in [0.25, 0.3) is 5.91 Å². The van der Waals surface area contributed by atoms with Crippen LogP contribution in [0.25, 0.3) is 0 Å². The van der Waals surface area contributed by atoms with Crippen molar-refractivity contribution in [2.24, 2.45) is 11.7 Å². The number of benzene rings is 1. The van der Waals surface area contributed by atoms with E-state index >= 15 is 0 Å². The van der Waals surface area contributed by atoms with Crippen LogP contribution in [0.4, 0.5) is 36.4 Å². The number of pyridine rings is 1. The van der Waals surface area contributed by atoms with E-state index < -0.39 is 66.3 Å². The standard InChI is InChI=1S/C21H19F7N4O3/c1-18(29)32-19(9-34-16(21(26,27)28)13(19)8-35-18)12-6-11(3-4-14(12)22)31-17(33)15-5-2-10(7-30-15)20(23,24)25/h2-7,13,16,32H,8-9,29H2,1H3,(H,31,33)/t13?,16-,18?,19?/m0/s1. The molecule has 3 unspecified atom stereocenters. The molecule has 35 heavy (non-hydrogen) atoms. The van der Waals surface area contributed by atoms with Crippen molar-refractivity contribution in [3.8, 4) is 0 Å². The Morgan fingerprint density at radius 3 is 2.51 bits per heavy atom. The van der Waals surface area contributed by atoms with E-state index in [1.54, 1.807) is 0 Å². The van der Waals surface area contributed by atoms with Crippen molar-refractivity contribution in [1.29, 1.82) is 0 Å². The van der Waals surface area contributed by atoms with Crippen LogP contribution in [0, 0.1) is 11.7 Å². The molecular formula is C21H19F7N4O3. The first-order chi connectivity index (χ1) is 16.1. The molecule has 2 fully saturated rings. The van der Waals surface area contributed by atoms with Gasteiger partial charge in [0.2, 0.25) is 0 Å². The number of rotatable bonds is 3. The van der Waals surface area contributed by atoms with Gasteiger partial charge in [0.1, 0.15) is 11.5 Å². The van der Waals surface area contributed by atoms with Crippen molar-refractivity contribution in [2.75, 3.05) is 18.5 Å². The first-order valence-electron chi connectivity index (χ1n) is 10.2. The summed E-state index contributed by atoms with van der Waals surface area (Å²) >= 11 is 0. The minimum absolute atomic E-state index is 0.0382. The molecule has 0 saturated carbocycles. The summed E-state index contributed by atoms with van der Waals surface area (Å²) in [7, 11) is 0. The molecule has 14 heteroatoms. The molecule has 3 heterocycles. The van der Waals surface area contributed by atoms with E-state index in [9.17, 15) is 35.5 Å². The zero-order chi connectivity index (χ0) is 25.8. The van der Waals surface area contributed by atoms with Gasteiger partial charge in [-0.2, -0.15) is 26.3 Å². The average molecular weight is 508 g/mol. The quantitative estimate of drug-likeness (QED) is 0.549. The number of ether oxygens (including phenoxy) is 2. The highest BCUT2D eigenvalue weighted by molar-refractivity contribution is 6.02. The SMILES string of the molecule is CC1(N)NC2(c3cc(NC(=O)c4ccc(C(F)(F)F)cn4)ccc3F)CO[C@H](C(F)(F)F)C2CO1. The molecular weight excluding hydrogens is 489 g/mol. The summed E-state index contributed by atoms with van der Waals surface area (Å²) in [5.74, 6) is -4.82. The molecule has 1 amide bonds. The van der Waals surface area contributed by atoms with Crippen LogP contribution in [0.1, 0.15) is 28.5 Å². The number of nitrogens with two attached hydrogens (primary N) is 1. The number of fused-ring (bicyclic) bond motifs is 1. The number of nitrogens with one attached hydrogen (secondary N) is 2. The topological polar surface area (TPSA) is 98.5 Å². The summed E-state index contributed by atoms with van der Waals surface area (Å²) in [5.41, 5.74) is 2.48. The number of carbonyl (C=O) groups is 1. The van der Waals surface area contributed by atoms with Crippen LogP contribution in [0.5, 0.6) is 0 Å². The van der Waals surface area contributed by atoms with E-state index in [2.05, 4.69) is 15.6 Å². The summed E-state index contributed by atoms with van der Waals surface area (Å²) in [6.45, 7) is 0.272. The monoisotopic (exact) mass is 508 g/mol. The van der Waals surface area contributed by atoms with Crippen LogP contribution in [-0.2, 0) is 21.2 Å². The fourth-order valence-electron chi connectivity index (χ4n) is 4.31. The van der Waals surface area contributed by atoms with Gasteiger partial charge in [-0.15, -0.1) is 0 Å². The van der Waals surface area contributed by atoms with Crippen molar-refractivity contribution >= 4 is 11.6 Å². The second kappa shape index (κ2) is 8.40. The van der Waals surface area contributed by atoms with Crippen molar-refractivity contribution < 1.29 is 45.0 Å². The summed E-state index contributed by atoms with van der Waals surface area (Å²) in [5, 5.41) is 5.08. The second-order valence-corrected chi connectivity index (χ2v) is 8.47. The number of halogens is 7. The van der Waals surface area contributed by atoms with E-state index in [-0.39, 0.29) is 16.9 Å². The molecule has 4 N–H and O–H groups in total. The second-order valence-electron chi connectivity index (χ2n) is 8.47. The summed E-state index contributed by atoms with van der Waals surface area (Å²) in [4.78, 5) is 16.0. The largest absolute Gasteiger partial charge is 0.417 e. The maximum Gasteiger partial charge on any atom is 0.417 e. The predicted octanol–water partition coefficient (Wildman–Crippen LogP) is 3.52. The molecule has 1 aromatic heterocycles. The maximum absolute atomic E-state index is 15.0. The number of hydrogen-bond donors (Lipinski definition) is 3. The molecule has 1 aromatic carbocycles. The van der Waals surface area contributed by atoms with Crippen LogP contribution in [-0.4, -0.2) is 42.2 Å². The summed E-state index contributed by atoms with van der Waals surface area (Å²) in [6.07, 6.45) is -11.2. The Morgan fingerprint density at radius 2 is 1.91 bits per heavy atom. The highest BCUT2D eigenvalue weighted by atomic mass is 19.4. The van der Waals surface area contributed by atoms with Crippen LogP contribution >= 0.6 is 0 Å². The number of nitrogens with zero attached hydrogens (tertiary/aromatic N) is 1. The molecule has 2 aliphatic rings. The Bertz CT molecular complexity index is 1120. The zero-order valence-electron chi connectivity index (χ0n) is 17.9. The zero-order valence-corrected chi connectivity index (χ0v) is 17.9. The number of amides is 1. The van der Waals surface area contributed by atoms with E-state index in [0.29, 0.717) is 12.3 Å². The molecule has 0 bridgehead atoms. The Hall–Kier alpha value is -2.81. The van der Waals surface area contributed by atoms with Gasteiger partial charge in [0, 0.05) is 23.4 Å². The van der Waals surface area contributed by atoms with Crippen molar-refractivity contribution in [3.05, 3.63) is 59.2 Å². The number of anilines is 1. The van der Waals surface area contributed by atoms with Crippen molar-refractivity contribution in [1.82, 2.24) is 10.3 Å². The Kier molecular flexibility index (Phi) is 6.07. The summed E-state index contributed by atoms with van der Waals surface area (Å²) in [6, 6.07) is 4.72. The van der Waals surface area contributed by atoms with Gasteiger partial charge in [-0.1, -0.05) is 0 Å². The van der Waals surface area contributed by atoms with Gasteiger partial charge in [-0.05, 0) is 37.3 Å². The molecule has 2 saturated heterocycles. The van der Waals surface area contributed by atoms with Crippen LogP contribution < -0.4 is 16.4 Å². The minimum Gasteiger partial charge on any atom is -0.366 e. The van der Waals surface area contributed by atoms with E-state index in [0.717, 1.165) is 24.3 Å². The Labute approximate surface area is 193 Å². The van der Waals surface area contributed by atoms with Gasteiger partial charge in [0.15, 0.2) is 12.0 Å². The van der Waals surface area contributed by atoms with Crippen LogP contribution in [0.15, 0.2) is 36.5 Å². The third-order valence-corrected chi connectivity index (χ3v) is 5.87. The lowest BCUT2D eigenvalue weighted by atomic mass is 9.76. The normalized spacial score (nSPS) is 29.1. The third kappa shape index (κ3) is 4.83. The van der Waals surface area contributed by atoms with E-state index in [4.69, 9.17) is 15.2 Å². The molecule has 0 aliphatic carbocycles. The molecule has 2 aliphatic heterocycles. The van der Waals surface area contributed by atoms with Gasteiger partial charge < -0.3 is 14.8 Å². The lowest BCUT2D eigenvalue weighted by molar-refractivity contribution is -0.230. The molecule has 4 rings (SSSR count). The van der Waals surface area contributed by atoms with Crippen molar-refractivity contribution in [3.63, 3.8) is 0 Å². The van der Waals surface area contributed by atoms with Gasteiger partial charge >= 0.3 is 12.4 Å². The maximum atomic E-state index is 15.0. The third-order valence-electron chi connectivity index (χ3n) is 5.87. The number of aromatic nitrogens is 1. The lowest BCUT2D eigenvalue weighted by Gasteiger charge is -2.47. The average Bonchev–Trinajstić information content (AvgIpc) is 3.13. The molecule has 190 valence electrons. The van der Waals surface area contributed by atoms with Gasteiger partial charge in [-0.3, -0.25) is 20.8 Å². The molecule has 4 atom stereocenters. The number of carbonyl (C=O) groups excluding carboxylic acids is 1. The molecule has 2 aromatic rings. The highest BCUT2D eigenvalue weighted by Gasteiger charge is 2.64. The van der Waals surface area contributed by atoms with Gasteiger partial charge in [0.05, 0.1) is 24.3 Å². The Balaban J connectivity index is 1.66.